The molecule has 1 aliphatic heterocycles. The molecule has 0 bridgehead atoms. The summed E-state index contributed by atoms with van der Waals surface area (Å²) in [4.78, 5) is 7.96. The molecule has 2 aromatic rings. The molecule has 5 nitrogen and oxygen atoms in total. The Balaban J connectivity index is 1.58. The van der Waals surface area contributed by atoms with Crippen LogP contribution < -0.4 is 10.6 Å². The van der Waals surface area contributed by atoms with Crippen molar-refractivity contribution in [1.29, 1.82) is 0 Å². The molecule has 6 heteroatoms. The third kappa shape index (κ3) is 4.50. The number of hydrogen-bond acceptors (Lipinski definition) is 3. The molecule has 136 valence electrons. The van der Waals surface area contributed by atoms with Crippen molar-refractivity contribution in [2.45, 2.75) is 32.3 Å². The second-order valence-corrected chi connectivity index (χ2v) is 7.82. The zero-order valence-corrected chi connectivity index (χ0v) is 15.9. The van der Waals surface area contributed by atoms with Gasteiger partial charge in [-0.2, -0.15) is 11.8 Å². The summed E-state index contributed by atoms with van der Waals surface area (Å²) in [6.07, 6.45) is 3.85. The zero-order chi connectivity index (χ0) is 17.7. The van der Waals surface area contributed by atoms with Crippen LogP contribution in [0.4, 0.5) is 0 Å². The highest BCUT2D eigenvalue weighted by Gasteiger charge is 2.31. The minimum absolute atomic E-state index is 0.460. The predicted octanol–water partition coefficient (Wildman–Crippen LogP) is 2.44. The van der Waals surface area contributed by atoms with Crippen molar-refractivity contribution in [3.05, 3.63) is 35.5 Å². The minimum atomic E-state index is -0.638. The van der Waals surface area contributed by atoms with E-state index in [0.717, 1.165) is 43.4 Å². The third-order valence-electron chi connectivity index (χ3n) is 4.65. The fourth-order valence-corrected chi connectivity index (χ4v) is 4.46. The van der Waals surface area contributed by atoms with Crippen LogP contribution in [0.5, 0.6) is 0 Å². The summed E-state index contributed by atoms with van der Waals surface area (Å²) in [6, 6.07) is 6.40. The molecule has 0 radical (unpaired) electrons. The Labute approximate surface area is 153 Å². The summed E-state index contributed by atoms with van der Waals surface area (Å²) >= 11 is 1.80. The number of fused-ring (bicyclic) bond motifs is 1. The maximum Gasteiger partial charge on any atom is 0.191 e. The molecular weight excluding hydrogens is 332 g/mol. The predicted molar refractivity (Wildman–Crippen MR) is 108 cm³/mol. The van der Waals surface area contributed by atoms with E-state index in [1.165, 1.54) is 22.0 Å². The number of rotatable bonds is 6. The largest absolute Gasteiger partial charge is 0.387 e. The standard InChI is InChI=1S/C19H28N4OS/c1-3-20-18(23-12-19(24)8-10-25-13-19)21-9-7-15-11-22-17-14(2)5-4-6-16(15)17/h4-6,11,22,24H,3,7-10,12-13H2,1-2H3,(H2,20,21,23). The van der Waals surface area contributed by atoms with Crippen molar-refractivity contribution in [1.82, 2.24) is 15.6 Å². The van der Waals surface area contributed by atoms with E-state index in [4.69, 9.17) is 0 Å². The van der Waals surface area contributed by atoms with Gasteiger partial charge in [0.15, 0.2) is 5.96 Å². The van der Waals surface area contributed by atoms with Crippen LogP contribution in [0.2, 0.25) is 0 Å². The lowest BCUT2D eigenvalue weighted by molar-refractivity contribution is 0.0778. The SMILES string of the molecule is CCNC(=NCC1(O)CCSC1)NCCc1c[nH]c2c(C)cccc12. The Hall–Kier alpha value is -1.66. The van der Waals surface area contributed by atoms with Gasteiger partial charge in [0.05, 0.1) is 12.1 Å². The highest BCUT2D eigenvalue weighted by atomic mass is 32.2. The van der Waals surface area contributed by atoms with Crippen LogP contribution in [0.15, 0.2) is 29.4 Å². The Morgan fingerprint density at radius 3 is 3.04 bits per heavy atom. The van der Waals surface area contributed by atoms with Crippen molar-refractivity contribution in [2.75, 3.05) is 31.1 Å². The topological polar surface area (TPSA) is 72.4 Å². The lowest BCUT2D eigenvalue weighted by Gasteiger charge is -2.19. The lowest BCUT2D eigenvalue weighted by Crippen LogP contribution is -2.40. The number of nitrogens with one attached hydrogen (secondary N) is 3. The molecule has 0 aliphatic carbocycles. The van der Waals surface area contributed by atoms with Crippen LogP contribution in [-0.2, 0) is 6.42 Å². The molecule has 1 atom stereocenters. The summed E-state index contributed by atoms with van der Waals surface area (Å²) in [5, 5.41) is 18.4. The lowest BCUT2D eigenvalue weighted by atomic mass is 10.1. The van der Waals surface area contributed by atoms with Gasteiger partial charge in [0.1, 0.15) is 0 Å². The van der Waals surface area contributed by atoms with E-state index in [1.54, 1.807) is 11.8 Å². The van der Waals surface area contributed by atoms with Gasteiger partial charge in [0, 0.05) is 35.9 Å². The van der Waals surface area contributed by atoms with E-state index < -0.39 is 5.60 Å². The molecular formula is C19H28N4OS. The second kappa shape index (κ2) is 8.15. The smallest absolute Gasteiger partial charge is 0.191 e. The number of guanidine groups is 1. The monoisotopic (exact) mass is 360 g/mol. The third-order valence-corrected chi connectivity index (χ3v) is 5.89. The van der Waals surface area contributed by atoms with Crippen LogP contribution in [0.1, 0.15) is 24.5 Å². The molecule has 0 spiro atoms. The first kappa shape index (κ1) is 18.1. The van der Waals surface area contributed by atoms with Gasteiger partial charge in [-0.25, -0.2) is 0 Å². The van der Waals surface area contributed by atoms with E-state index in [0.29, 0.717) is 6.54 Å². The van der Waals surface area contributed by atoms with Gasteiger partial charge in [0.2, 0.25) is 0 Å². The first-order valence-corrected chi connectivity index (χ1v) is 10.1. The Bertz CT molecular complexity index is 734. The normalized spacial score (nSPS) is 21.0. The van der Waals surface area contributed by atoms with Crippen LogP contribution in [0.3, 0.4) is 0 Å². The Morgan fingerprint density at radius 2 is 2.28 bits per heavy atom. The average molecular weight is 361 g/mol. The summed E-state index contributed by atoms with van der Waals surface area (Å²) in [6.45, 7) is 6.26. The molecule has 4 N–H and O–H groups in total. The molecule has 1 aromatic carbocycles. The number of thioether (sulfide) groups is 1. The molecule has 1 fully saturated rings. The number of aromatic nitrogens is 1. The number of nitrogens with zero attached hydrogens (tertiary/aromatic N) is 1. The van der Waals surface area contributed by atoms with Crippen LogP contribution >= 0.6 is 11.8 Å². The summed E-state index contributed by atoms with van der Waals surface area (Å²) in [5.74, 6) is 2.59. The Morgan fingerprint density at radius 1 is 1.40 bits per heavy atom. The number of hydrogen-bond donors (Lipinski definition) is 4. The van der Waals surface area contributed by atoms with Gasteiger partial charge in [-0.05, 0) is 43.6 Å². The number of aliphatic imine (C=N–C) groups is 1. The minimum Gasteiger partial charge on any atom is -0.387 e. The van der Waals surface area contributed by atoms with E-state index >= 15 is 0 Å². The number of benzene rings is 1. The molecule has 1 unspecified atom stereocenters. The van der Waals surface area contributed by atoms with Crippen LogP contribution in [-0.4, -0.2) is 52.8 Å². The summed E-state index contributed by atoms with van der Waals surface area (Å²) in [5.41, 5.74) is 3.17. The fourth-order valence-electron chi connectivity index (χ4n) is 3.18. The number of aliphatic hydroxyl groups is 1. The van der Waals surface area contributed by atoms with Crippen molar-refractivity contribution < 1.29 is 5.11 Å². The van der Waals surface area contributed by atoms with Gasteiger partial charge in [-0.15, -0.1) is 0 Å². The van der Waals surface area contributed by atoms with Gasteiger partial charge in [-0.1, -0.05) is 18.2 Å². The van der Waals surface area contributed by atoms with E-state index in [-0.39, 0.29) is 0 Å². The maximum absolute atomic E-state index is 10.4. The summed E-state index contributed by atoms with van der Waals surface area (Å²) < 4.78 is 0. The Kier molecular flexibility index (Phi) is 5.91. The quantitative estimate of drug-likeness (QED) is 0.472. The van der Waals surface area contributed by atoms with Crippen LogP contribution in [0.25, 0.3) is 10.9 Å². The molecule has 25 heavy (non-hydrogen) atoms. The fraction of sp³-hybridized carbons (Fsp3) is 0.526. The van der Waals surface area contributed by atoms with Crippen LogP contribution in [0, 0.1) is 6.92 Å². The molecule has 1 saturated heterocycles. The first-order valence-electron chi connectivity index (χ1n) is 8.99. The first-order chi connectivity index (χ1) is 12.1. The average Bonchev–Trinajstić information content (AvgIpc) is 3.21. The highest BCUT2D eigenvalue weighted by Crippen LogP contribution is 2.27. The van der Waals surface area contributed by atoms with Gasteiger partial charge in [0.25, 0.3) is 0 Å². The number of aryl methyl sites for hydroxylation is 1. The number of H-pyrrole nitrogens is 1. The highest BCUT2D eigenvalue weighted by molar-refractivity contribution is 7.99. The van der Waals surface area contributed by atoms with Crippen molar-refractivity contribution in [3.63, 3.8) is 0 Å². The van der Waals surface area contributed by atoms with E-state index in [9.17, 15) is 5.11 Å². The molecule has 2 heterocycles. The van der Waals surface area contributed by atoms with E-state index in [1.807, 2.05) is 0 Å². The van der Waals surface area contributed by atoms with Gasteiger partial charge >= 0.3 is 0 Å². The van der Waals surface area contributed by atoms with Gasteiger partial charge in [-0.3, -0.25) is 4.99 Å². The van der Waals surface area contributed by atoms with Crippen molar-refractivity contribution in [2.24, 2.45) is 4.99 Å². The number of para-hydroxylation sites is 1. The van der Waals surface area contributed by atoms with E-state index in [2.05, 4.69) is 58.9 Å². The van der Waals surface area contributed by atoms with Gasteiger partial charge < -0.3 is 20.7 Å². The maximum atomic E-state index is 10.4. The number of aromatic amines is 1. The second-order valence-electron chi connectivity index (χ2n) is 6.71. The molecule has 1 aliphatic rings. The summed E-state index contributed by atoms with van der Waals surface area (Å²) in [7, 11) is 0. The van der Waals surface area contributed by atoms with Crippen molar-refractivity contribution in [3.8, 4) is 0 Å². The molecule has 0 amide bonds. The molecule has 1 aromatic heterocycles. The zero-order valence-electron chi connectivity index (χ0n) is 15.1. The molecule has 3 rings (SSSR count). The molecule has 0 saturated carbocycles. The van der Waals surface area contributed by atoms with Crippen molar-refractivity contribution >= 4 is 28.6 Å².